The molecule has 0 N–H and O–H groups in total. The van der Waals surface area contributed by atoms with Crippen molar-refractivity contribution in [3.05, 3.63) is 28.2 Å². The summed E-state index contributed by atoms with van der Waals surface area (Å²) in [6.07, 6.45) is 0. The van der Waals surface area contributed by atoms with Gasteiger partial charge in [-0.15, -0.1) is 11.6 Å². The Bertz CT molecular complexity index is 538. The van der Waals surface area contributed by atoms with Crippen molar-refractivity contribution in [2.24, 2.45) is 0 Å². The first-order valence-electron chi connectivity index (χ1n) is 4.64. The molecular formula is C10H10BrClFN3. The van der Waals surface area contributed by atoms with Crippen LogP contribution in [-0.4, -0.2) is 23.8 Å². The molecule has 0 atom stereocenters. The Kier molecular flexibility index (Phi) is 3.08. The van der Waals surface area contributed by atoms with Gasteiger partial charge in [-0.2, -0.15) is 0 Å². The largest absolute Gasteiger partial charge is 0.317 e. The Morgan fingerprint density at radius 2 is 2.19 bits per heavy atom. The molecule has 16 heavy (non-hydrogen) atoms. The minimum atomic E-state index is -0.309. The third-order valence-corrected chi connectivity index (χ3v) is 3.11. The van der Waals surface area contributed by atoms with Gasteiger partial charge in [0.1, 0.15) is 11.6 Å². The second-order valence-electron chi connectivity index (χ2n) is 3.58. The number of halogens is 3. The highest BCUT2D eigenvalue weighted by Crippen LogP contribution is 2.24. The summed E-state index contributed by atoms with van der Waals surface area (Å²) in [5, 5.41) is 1.82. The van der Waals surface area contributed by atoms with E-state index >= 15 is 0 Å². The van der Waals surface area contributed by atoms with Crippen LogP contribution < -0.4 is 5.01 Å². The zero-order valence-corrected chi connectivity index (χ0v) is 11.2. The first-order valence-corrected chi connectivity index (χ1v) is 5.97. The molecule has 1 heterocycles. The summed E-state index contributed by atoms with van der Waals surface area (Å²) in [6, 6.07) is 3.10. The van der Waals surface area contributed by atoms with Gasteiger partial charge in [0, 0.05) is 20.2 Å². The Morgan fingerprint density at radius 1 is 1.50 bits per heavy atom. The lowest BCUT2D eigenvalue weighted by molar-refractivity contribution is 0.621. The molecule has 0 aliphatic heterocycles. The Labute approximate surface area is 106 Å². The van der Waals surface area contributed by atoms with Crippen molar-refractivity contribution in [3.8, 4) is 0 Å². The summed E-state index contributed by atoms with van der Waals surface area (Å²) in [5.41, 5.74) is 1.43. The number of imidazole rings is 1. The van der Waals surface area contributed by atoms with Gasteiger partial charge in [-0.25, -0.2) is 14.1 Å². The fourth-order valence-electron chi connectivity index (χ4n) is 1.64. The number of alkyl halides is 1. The molecule has 0 saturated carbocycles. The van der Waals surface area contributed by atoms with Crippen molar-refractivity contribution in [1.29, 1.82) is 0 Å². The molecule has 0 saturated heterocycles. The fourth-order valence-corrected chi connectivity index (χ4v) is 2.15. The van der Waals surface area contributed by atoms with Crippen molar-refractivity contribution in [2.45, 2.75) is 5.88 Å². The first kappa shape index (κ1) is 11.7. The SMILES string of the molecule is CN(C)n1c(CCl)nc2cc(Br)c(F)cc21. The fraction of sp³-hybridized carbons (Fsp3) is 0.300. The summed E-state index contributed by atoms with van der Waals surface area (Å²) >= 11 is 8.95. The van der Waals surface area contributed by atoms with Gasteiger partial charge >= 0.3 is 0 Å². The lowest BCUT2D eigenvalue weighted by Crippen LogP contribution is -2.26. The molecule has 0 spiro atoms. The molecule has 2 rings (SSSR count). The van der Waals surface area contributed by atoms with E-state index in [4.69, 9.17) is 11.6 Å². The van der Waals surface area contributed by atoms with E-state index < -0.39 is 0 Å². The van der Waals surface area contributed by atoms with E-state index in [1.54, 1.807) is 10.7 Å². The van der Waals surface area contributed by atoms with Crippen LogP contribution in [0.15, 0.2) is 16.6 Å². The molecule has 3 nitrogen and oxygen atoms in total. The minimum Gasteiger partial charge on any atom is -0.317 e. The second kappa shape index (κ2) is 4.22. The molecule has 0 amide bonds. The van der Waals surface area contributed by atoms with Crippen LogP contribution in [-0.2, 0) is 5.88 Å². The molecule has 86 valence electrons. The van der Waals surface area contributed by atoms with Crippen molar-refractivity contribution >= 4 is 38.6 Å². The van der Waals surface area contributed by atoms with Gasteiger partial charge in [0.05, 0.1) is 21.4 Å². The summed E-state index contributed by atoms with van der Waals surface area (Å²) in [7, 11) is 3.72. The third kappa shape index (κ3) is 1.78. The average Bonchev–Trinajstić information content (AvgIpc) is 2.56. The van der Waals surface area contributed by atoms with E-state index in [1.165, 1.54) is 6.07 Å². The number of benzene rings is 1. The Morgan fingerprint density at radius 3 is 2.75 bits per heavy atom. The van der Waals surface area contributed by atoms with Crippen LogP contribution in [0.25, 0.3) is 11.0 Å². The van der Waals surface area contributed by atoms with E-state index in [-0.39, 0.29) is 11.7 Å². The maximum absolute atomic E-state index is 13.5. The van der Waals surface area contributed by atoms with Crippen molar-refractivity contribution in [1.82, 2.24) is 9.66 Å². The molecule has 0 aliphatic rings. The van der Waals surface area contributed by atoms with E-state index in [0.717, 1.165) is 5.52 Å². The van der Waals surface area contributed by atoms with E-state index in [9.17, 15) is 4.39 Å². The van der Waals surface area contributed by atoms with Gasteiger partial charge < -0.3 is 5.01 Å². The molecule has 0 radical (unpaired) electrons. The maximum atomic E-state index is 13.5. The highest BCUT2D eigenvalue weighted by atomic mass is 79.9. The van der Waals surface area contributed by atoms with Crippen molar-refractivity contribution in [3.63, 3.8) is 0 Å². The molecule has 0 bridgehead atoms. The second-order valence-corrected chi connectivity index (χ2v) is 4.70. The zero-order chi connectivity index (χ0) is 11.9. The van der Waals surface area contributed by atoms with E-state index in [2.05, 4.69) is 20.9 Å². The van der Waals surface area contributed by atoms with Gasteiger partial charge in [0.15, 0.2) is 0 Å². The lowest BCUT2D eigenvalue weighted by Gasteiger charge is -2.17. The summed E-state index contributed by atoms with van der Waals surface area (Å²) in [5.74, 6) is 0.669. The molecule has 2 aromatic rings. The molecule has 1 aromatic heterocycles. The number of hydrogen-bond acceptors (Lipinski definition) is 2. The molecular weight excluding hydrogens is 296 g/mol. The third-order valence-electron chi connectivity index (χ3n) is 2.26. The number of hydrogen-bond donors (Lipinski definition) is 0. The minimum absolute atomic E-state index is 0.284. The van der Waals surface area contributed by atoms with Crippen LogP contribution >= 0.6 is 27.5 Å². The first-order chi connectivity index (χ1) is 7.54. The Hall–Kier alpha value is -0.810. The number of aromatic nitrogens is 2. The maximum Gasteiger partial charge on any atom is 0.143 e. The highest BCUT2D eigenvalue weighted by molar-refractivity contribution is 9.10. The van der Waals surface area contributed by atoms with Crippen LogP contribution in [0.3, 0.4) is 0 Å². The van der Waals surface area contributed by atoms with E-state index in [0.29, 0.717) is 15.8 Å². The monoisotopic (exact) mass is 305 g/mol. The number of nitrogens with zero attached hydrogens (tertiary/aromatic N) is 3. The molecule has 0 unspecified atom stereocenters. The normalized spacial score (nSPS) is 11.1. The van der Waals surface area contributed by atoms with Crippen LogP contribution in [0, 0.1) is 5.82 Å². The summed E-state index contributed by atoms with van der Waals surface area (Å²) in [4.78, 5) is 4.35. The molecule has 1 aromatic carbocycles. The van der Waals surface area contributed by atoms with Gasteiger partial charge in [-0.1, -0.05) is 0 Å². The summed E-state index contributed by atoms with van der Waals surface area (Å²) in [6.45, 7) is 0. The van der Waals surface area contributed by atoms with Crippen molar-refractivity contribution in [2.75, 3.05) is 19.1 Å². The van der Waals surface area contributed by atoms with Gasteiger partial charge in [0.25, 0.3) is 0 Å². The van der Waals surface area contributed by atoms with Crippen LogP contribution in [0.2, 0.25) is 0 Å². The lowest BCUT2D eigenvalue weighted by atomic mass is 10.3. The average molecular weight is 307 g/mol. The number of fused-ring (bicyclic) bond motifs is 1. The van der Waals surface area contributed by atoms with Crippen LogP contribution in [0.4, 0.5) is 4.39 Å². The van der Waals surface area contributed by atoms with Crippen LogP contribution in [0.5, 0.6) is 0 Å². The summed E-state index contributed by atoms with van der Waals surface area (Å²) < 4.78 is 15.7. The molecule has 6 heteroatoms. The topological polar surface area (TPSA) is 21.1 Å². The quantitative estimate of drug-likeness (QED) is 0.796. The molecule has 0 fully saturated rings. The van der Waals surface area contributed by atoms with Gasteiger partial charge in [-0.3, -0.25) is 0 Å². The number of rotatable bonds is 2. The van der Waals surface area contributed by atoms with Gasteiger partial charge in [0.2, 0.25) is 0 Å². The smallest absolute Gasteiger partial charge is 0.143 e. The standard InChI is InChI=1S/C10H10BrClFN3/c1-15(2)16-9-4-7(13)6(11)3-8(9)14-10(16)5-12/h3-4H,5H2,1-2H3. The Balaban J connectivity index is 2.79. The van der Waals surface area contributed by atoms with Gasteiger partial charge in [-0.05, 0) is 22.0 Å². The highest BCUT2D eigenvalue weighted by Gasteiger charge is 2.13. The predicted octanol–water partition coefficient (Wildman–Crippen LogP) is 2.87. The van der Waals surface area contributed by atoms with E-state index in [1.807, 2.05) is 19.1 Å². The predicted molar refractivity (Wildman–Crippen MR) is 67.0 cm³/mol. The molecule has 0 aliphatic carbocycles. The van der Waals surface area contributed by atoms with Crippen molar-refractivity contribution < 1.29 is 4.39 Å². The zero-order valence-electron chi connectivity index (χ0n) is 8.84. The van der Waals surface area contributed by atoms with Crippen LogP contribution in [0.1, 0.15) is 5.82 Å².